The second-order valence-electron chi connectivity index (χ2n) is 13.5. The van der Waals surface area contributed by atoms with E-state index in [1.54, 1.807) is 7.11 Å². The molecule has 4 fully saturated rings. The fraction of sp³-hybridized carbons (Fsp3) is 0.581. The SMILES string of the molecule is C=CC(=O)N1CC2(CC(n3nc(N4CCC(N5CC(OC)C5)CC4(C)C)c(-c4c(Cl)c(Cl)cc5[nH]ncc45)c3C)C2)C1. The number of methoxy groups -OCH3 is 1. The predicted octanol–water partition coefficient (Wildman–Crippen LogP) is 5.47. The zero-order valence-electron chi connectivity index (χ0n) is 24.8. The molecule has 3 saturated heterocycles. The maximum Gasteiger partial charge on any atom is 0.245 e. The minimum Gasteiger partial charge on any atom is -0.379 e. The van der Waals surface area contributed by atoms with Gasteiger partial charge in [-0.15, -0.1) is 0 Å². The molecule has 1 atom stereocenters. The minimum absolute atomic E-state index is 0.0187. The van der Waals surface area contributed by atoms with Gasteiger partial charge >= 0.3 is 0 Å². The Morgan fingerprint density at radius 2 is 1.90 bits per heavy atom. The van der Waals surface area contributed by atoms with Gasteiger partial charge in [-0.2, -0.15) is 10.2 Å². The molecule has 1 aromatic carbocycles. The number of halogens is 2. The van der Waals surface area contributed by atoms with Crippen LogP contribution in [0.1, 0.15) is 51.3 Å². The number of fused-ring (bicyclic) bond motifs is 1. The smallest absolute Gasteiger partial charge is 0.245 e. The number of likely N-dealkylation sites (tertiary alicyclic amines) is 2. The van der Waals surface area contributed by atoms with Crippen LogP contribution in [0.5, 0.6) is 0 Å². The Hall–Kier alpha value is -2.59. The van der Waals surface area contributed by atoms with E-state index >= 15 is 0 Å². The van der Waals surface area contributed by atoms with Crippen molar-refractivity contribution in [2.45, 2.75) is 70.2 Å². The summed E-state index contributed by atoms with van der Waals surface area (Å²) in [4.78, 5) is 19.0. The third-order valence-corrected chi connectivity index (χ3v) is 11.2. The number of piperidine rings is 1. The monoisotopic (exact) mass is 611 g/mol. The summed E-state index contributed by atoms with van der Waals surface area (Å²) in [7, 11) is 1.80. The zero-order chi connectivity index (χ0) is 29.6. The molecule has 1 unspecified atom stereocenters. The van der Waals surface area contributed by atoms with Crippen molar-refractivity contribution >= 4 is 45.8 Å². The fourth-order valence-electron chi connectivity index (χ4n) is 8.03. The Balaban J connectivity index is 1.25. The molecule has 2 aromatic heterocycles. The lowest BCUT2D eigenvalue weighted by Gasteiger charge is -2.58. The number of benzene rings is 1. The van der Waals surface area contributed by atoms with E-state index in [4.69, 9.17) is 33.0 Å². The first-order valence-corrected chi connectivity index (χ1v) is 15.7. The highest BCUT2D eigenvalue weighted by Gasteiger charge is 2.55. The summed E-state index contributed by atoms with van der Waals surface area (Å²) in [5.41, 5.74) is 3.91. The molecule has 0 radical (unpaired) electrons. The summed E-state index contributed by atoms with van der Waals surface area (Å²) >= 11 is 13.7. The van der Waals surface area contributed by atoms with E-state index in [0.717, 1.165) is 91.9 Å². The summed E-state index contributed by atoms with van der Waals surface area (Å²) in [5.74, 6) is 0.976. The molecule has 1 saturated carbocycles. The van der Waals surface area contributed by atoms with Crippen LogP contribution in [0.25, 0.3) is 22.0 Å². The van der Waals surface area contributed by atoms with Crippen LogP contribution in [0.15, 0.2) is 24.9 Å². The zero-order valence-corrected chi connectivity index (χ0v) is 26.3. The number of aromatic amines is 1. The summed E-state index contributed by atoms with van der Waals surface area (Å²) in [6.45, 7) is 15.0. The molecule has 7 rings (SSSR count). The molecular formula is C31H39Cl2N7O2. The van der Waals surface area contributed by atoms with Gasteiger partial charge in [0.2, 0.25) is 5.91 Å². The maximum absolute atomic E-state index is 12.1. The van der Waals surface area contributed by atoms with Crippen molar-refractivity contribution in [2.24, 2.45) is 5.41 Å². The van der Waals surface area contributed by atoms with E-state index in [-0.39, 0.29) is 22.9 Å². The average Bonchev–Trinajstić information content (AvgIpc) is 3.46. The van der Waals surface area contributed by atoms with Crippen molar-refractivity contribution in [2.75, 3.05) is 44.7 Å². The quantitative estimate of drug-likeness (QED) is 0.372. The van der Waals surface area contributed by atoms with E-state index in [1.807, 2.05) is 17.2 Å². The van der Waals surface area contributed by atoms with Gasteiger partial charge in [0.25, 0.3) is 0 Å². The lowest BCUT2D eigenvalue weighted by molar-refractivity contribution is -0.149. The molecule has 1 spiro atoms. The number of carbonyl (C=O) groups excluding carboxylic acids is 1. The van der Waals surface area contributed by atoms with E-state index in [2.05, 4.69) is 52.0 Å². The number of anilines is 1. The second-order valence-corrected chi connectivity index (χ2v) is 14.3. The topological polar surface area (TPSA) is 82.5 Å². The maximum atomic E-state index is 12.1. The van der Waals surface area contributed by atoms with Crippen LogP contribution < -0.4 is 4.90 Å². The molecule has 1 N–H and O–H groups in total. The van der Waals surface area contributed by atoms with Crippen molar-refractivity contribution in [3.05, 3.63) is 40.7 Å². The van der Waals surface area contributed by atoms with Crippen LogP contribution >= 0.6 is 23.2 Å². The molecule has 3 aliphatic heterocycles. The molecular weight excluding hydrogens is 573 g/mol. The highest BCUT2D eigenvalue weighted by atomic mass is 35.5. The van der Waals surface area contributed by atoms with Crippen molar-refractivity contribution < 1.29 is 9.53 Å². The van der Waals surface area contributed by atoms with Gasteiger partial charge < -0.3 is 14.5 Å². The van der Waals surface area contributed by atoms with Crippen LogP contribution in [0.2, 0.25) is 10.0 Å². The molecule has 5 heterocycles. The molecule has 9 nitrogen and oxygen atoms in total. The van der Waals surface area contributed by atoms with Gasteiger partial charge in [-0.05, 0) is 58.6 Å². The lowest BCUT2D eigenvalue weighted by Crippen LogP contribution is -2.63. The molecule has 4 aliphatic rings. The summed E-state index contributed by atoms with van der Waals surface area (Å²) in [5, 5.41) is 14.8. The van der Waals surface area contributed by atoms with Crippen molar-refractivity contribution in [1.82, 2.24) is 29.8 Å². The Morgan fingerprint density at radius 1 is 1.17 bits per heavy atom. The normalized spacial score (nSPS) is 24.1. The summed E-state index contributed by atoms with van der Waals surface area (Å²) in [6, 6.07) is 2.63. The van der Waals surface area contributed by atoms with Crippen molar-refractivity contribution in [3.8, 4) is 11.1 Å². The molecule has 224 valence electrons. The number of carbonyl (C=O) groups is 1. The van der Waals surface area contributed by atoms with E-state index < -0.39 is 0 Å². The Kier molecular flexibility index (Phi) is 6.70. The second kappa shape index (κ2) is 9.97. The highest BCUT2D eigenvalue weighted by molar-refractivity contribution is 6.45. The molecule has 3 aromatic rings. The Bertz CT molecular complexity index is 1560. The highest BCUT2D eigenvalue weighted by Crippen LogP contribution is 2.56. The predicted molar refractivity (Wildman–Crippen MR) is 166 cm³/mol. The van der Waals surface area contributed by atoms with Gasteiger partial charge in [0.05, 0.1) is 33.9 Å². The van der Waals surface area contributed by atoms with Crippen LogP contribution in [0.3, 0.4) is 0 Å². The number of ether oxygens (including phenoxy) is 1. The summed E-state index contributed by atoms with van der Waals surface area (Å²) in [6.07, 6.45) is 7.70. The van der Waals surface area contributed by atoms with Gasteiger partial charge in [-0.3, -0.25) is 19.5 Å². The first-order chi connectivity index (χ1) is 20.0. The van der Waals surface area contributed by atoms with E-state index in [9.17, 15) is 4.79 Å². The van der Waals surface area contributed by atoms with Crippen LogP contribution in [-0.4, -0.2) is 93.2 Å². The molecule has 1 amide bonds. The lowest BCUT2D eigenvalue weighted by atomic mass is 9.60. The van der Waals surface area contributed by atoms with Gasteiger partial charge in [0, 0.05) is 79.0 Å². The number of H-pyrrole nitrogens is 1. The molecule has 0 bridgehead atoms. The Labute approximate surface area is 256 Å². The number of aromatic nitrogens is 4. The molecule has 42 heavy (non-hydrogen) atoms. The first kappa shape index (κ1) is 28.2. The fourth-order valence-corrected chi connectivity index (χ4v) is 8.48. The number of hydrogen-bond acceptors (Lipinski definition) is 6. The number of nitrogens with zero attached hydrogens (tertiary/aromatic N) is 6. The third-order valence-electron chi connectivity index (χ3n) is 10.4. The van der Waals surface area contributed by atoms with E-state index in [0.29, 0.717) is 22.2 Å². The van der Waals surface area contributed by atoms with Crippen LogP contribution in [0.4, 0.5) is 5.82 Å². The molecule has 11 heteroatoms. The van der Waals surface area contributed by atoms with Gasteiger partial charge in [-0.1, -0.05) is 29.8 Å². The first-order valence-electron chi connectivity index (χ1n) is 14.9. The number of amides is 1. The minimum atomic E-state index is -0.123. The van der Waals surface area contributed by atoms with Crippen LogP contribution in [-0.2, 0) is 9.53 Å². The van der Waals surface area contributed by atoms with Crippen LogP contribution in [0, 0.1) is 12.3 Å². The van der Waals surface area contributed by atoms with Crippen molar-refractivity contribution in [1.29, 1.82) is 0 Å². The average molecular weight is 613 g/mol. The number of nitrogens with one attached hydrogen (secondary N) is 1. The van der Waals surface area contributed by atoms with Gasteiger partial charge in [0.15, 0.2) is 5.82 Å². The van der Waals surface area contributed by atoms with E-state index in [1.165, 1.54) is 6.08 Å². The largest absolute Gasteiger partial charge is 0.379 e. The number of hydrogen-bond donors (Lipinski definition) is 1. The number of rotatable bonds is 6. The van der Waals surface area contributed by atoms with Gasteiger partial charge in [0.1, 0.15) is 0 Å². The van der Waals surface area contributed by atoms with Crippen molar-refractivity contribution in [3.63, 3.8) is 0 Å². The Morgan fingerprint density at radius 3 is 2.57 bits per heavy atom. The van der Waals surface area contributed by atoms with Gasteiger partial charge in [-0.25, -0.2) is 0 Å². The standard InChI is InChI=1S/C31H39Cl2N7O2/c1-6-25(41)38-16-31(17-38)11-20(12-31)40-18(2)26(27-22-13-34-35-24(22)9-23(32)28(27)33)29(36-40)39-8-7-19(10-30(39,3)4)37-14-21(15-37)42-5/h6,9,13,19-21H,1,7-8,10-12,14-17H2,2-5H3,(H,34,35). The summed E-state index contributed by atoms with van der Waals surface area (Å²) < 4.78 is 7.77. The third kappa shape index (κ3) is 4.30. The molecule has 1 aliphatic carbocycles.